The lowest BCUT2D eigenvalue weighted by atomic mass is 10.0. The number of carbonyl (C=O) groups is 1. The van der Waals surface area contributed by atoms with Crippen LogP contribution in [-0.2, 0) is 13.2 Å². The maximum absolute atomic E-state index is 14.0. The molecule has 1 aliphatic rings. The fourth-order valence-corrected chi connectivity index (χ4v) is 3.87. The van der Waals surface area contributed by atoms with Gasteiger partial charge >= 0.3 is 0 Å². The van der Waals surface area contributed by atoms with Crippen LogP contribution in [0.2, 0.25) is 0 Å². The van der Waals surface area contributed by atoms with Crippen molar-refractivity contribution in [3.63, 3.8) is 0 Å². The Hall–Kier alpha value is -3.53. The fraction of sp³-hybridized carbons (Fsp3) is 0.375. The summed E-state index contributed by atoms with van der Waals surface area (Å²) in [6.45, 7) is 3.63. The van der Waals surface area contributed by atoms with E-state index in [4.69, 9.17) is 0 Å². The second kappa shape index (κ2) is 9.38. The highest BCUT2D eigenvalue weighted by Crippen LogP contribution is 2.31. The molecular formula is C24H26F2N4O4. The first-order valence-corrected chi connectivity index (χ1v) is 11.1. The topological polar surface area (TPSA) is 111 Å². The third kappa shape index (κ3) is 4.72. The zero-order valence-corrected chi connectivity index (χ0v) is 18.9. The molecule has 0 saturated heterocycles. The van der Waals surface area contributed by atoms with Crippen molar-refractivity contribution in [2.45, 2.75) is 45.9 Å². The number of pyridine rings is 1. The number of nitrogens with one attached hydrogen (secondary N) is 1. The van der Waals surface area contributed by atoms with E-state index in [0.717, 1.165) is 25.0 Å². The number of aromatic hydroxyl groups is 1. The molecule has 0 spiro atoms. The van der Waals surface area contributed by atoms with Gasteiger partial charge in [0.05, 0.1) is 30.6 Å². The third-order valence-corrected chi connectivity index (χ3v) is 5.93. The normalized spacial score (nSPS) is 13.5. The highest BCUT2D eigenvalue weighted by Gasteiger charge is 2.31. The molecule has 0 radical (unpaired) electrons. The molecule has 2 heterocycles. The van der Waals surface area contributed by atoms with Crippen molar-refractivity contribution in [1.29, 1.82) is 0 Å². The zero-order valence-electron chi connectivity index (χ0n) is 18.9. The molecule has 1 saturated carbocycles. The summed E-state index contributed by atoms with van der Waals surface area (Å²) >= 11 is 0. The molecule has 0 aliphatic heterocycles. The molecule has 0 bridgehead atoms. The van der Waals surface area contributed by atoms with E-state index < -0.39 is 35.3 Å². The van der Waals surface area contributed by atoms with E-state index in [-0.39, 0.29) is 40.7 Å². The van der Waals surface area contributed by atoms with Crippen molar-refractivity contribution in [3.8, 4) is 16.9 Å². The Kier molecular flexibility index (Phi) is 6.52. The average Bonchev–Trinajstić information content (AvgIpc) is 3.51. The summed E-state index contributed by atoms with van der Waals surface area (Å²) in [5, 5.41) is 24.7. The van der Waals surface area contributed by atoms with Crippen LogP contribution in [0.15, 0.2) is 35.4 Å². The van der Waals surface area contributed by atoms with E-state index in [1.54, 1.807) is 4.90 Å². The van der Waals surface area contributed by atoms with Gasteiger partial charge in [-0.25, -0.2) is 8.78 Å². The van der Waals surface area contributed by atoms with E-state index in [0.29, 0.717) is 12.5 Å². The minimum atomic E-state index is -0.825. The van der Waals surface area contributed by atoms with Crippen LogP contribution in [-0.4, -0.2) is 48.4 Å². The first-order valence-electron chi connectivity index (χ1n) is 11.1. The van der Waals surface area contributed by atoms with Crippen LogP contribution in [0.1, 0.15) is 48.4 Å². The molecule has 1 fully saturated rings. The predicted octanol–water partition coefficient (Wildman–Crippen LogP) is 3.02. The molecule has 1 amide bonds. The number of carbonyl (C=O) groups excluding carboxylic acids is 1. The van der Waals surface area contributed by atoms with Crippen molar-refractivity contribution >= 4 is 5.91 Å². The molecule has 1 aliphatic carbocycles. The largest absolute Gasteiger partial charge is 0.503 e. The lowest BCUT2D eigenvalue weighted by molar-refractivity contribution is 0.0686. The molecule has 10 heteroatoms. The van der Waals surface area contributed by atoms with Crippen molar-refractivity contribution in [2.24, 2.45) is 5.92 Å². The second-order valence-corrected chi connectivity index (χ2v) is 8.85. The molecule has 8 nitrogen and oxygen atoms in total. The van der Waals surface area contributed by atoms with Gasteiger partial charge < -0.3 is 20.1 Å². The van der Waals surface area contributed by atoms with Crippen LogP contribution >= 0.6 is 0 Å². The molecule has 4 rings (SSSR count). The zero-order chi connectivity index (χ0) is 24.6. The number of aliphatic hydroxyl groups excluding tert-OH is 1. The number of amides is 1. The van der Waals surface area contributed by atoms with Crippen LogP contribution in [0.3, 0.4) is 0 Å². The van der Waals surface area contributed by atoms with Gasteiger partial charge in [0.1, 0.15) is 11.6 Å². The number of aliphatic hydroxyl groups is 1. The Morgan fingerprint density at radius 1 is 1.32 bits per heavy atom. The molecule has 3 aromatic rings. The van der Waals surface area contributed by atoms with Crippen molar-refractivity contribution < 1.29 is 23.8 Å². The predicted molar refractivity (Wildman–Crippen MR) is 120 cm³/mol. The van der Waals surface area contributed by atoms with Gasteiger partial charge in [-0.05, 0) is 38.7 Å². The summed E-state index contributed by atoms with van der Waals surface area (Å²) in [4.78, 5) is 30.5. The Labute approximate surface area is 194 Å². The van der Waals surface area contributed by atoms with E-state index >= 15 is 0 Å². The van der Waals surface area contributed by atoms with Gasteiger partial charge in [0.25, 0.3) is 5.91 Å². The molecule has 0 unspecified atom stereocenters. The number of nitrogens with zero attached hydrogens (tertiary/aromatic N) is 3. The number of aromatic nitrogens is 3. The first-order chi connectivity index (χ1) is 16.2. The summed E-state index contributed by atoms with van der Waals surface area (Å²) in [6.07, 6.45) is 4.85. The molecule has 180 valence electrons. The average molecular weight is 472 g/mol. The summed E-state index contributed by atoms with van der Waals surface area (Å²) in [5.41, 5.74) is -0.627. The van der Waals surface area contributed by atoms with Crippen molar-refractivity contribution in [1.82, 2.24) is 19.7 Å². The Morgan fingerprint density at radius 2 is 2.06 bits per heavy atom. The van der Waals surface area contributed by atoms with Gasteiger partial charge in [0.2, 0.25) is 5.43 Å². The van der Waals surface area contributed by atoms with E-state index in [1.807, 2.05) is 13.8 Å². The SMILES string of the molecule is CC(C)N(CC1CC1)C(=O)c1[nH]c(CO)c(-c2cnn(Cc3ccc(F)cc3F)c2)c(=O)c1O. The standard InChI is InChI=1S/C24H26F2N4O4/c1-13(2)30(9-14-3-4-14)24(34)21-23(33)22(32)20(19(12-31)28-21)16-8-27-29(11-16)10-15-5-6-17(25)7-18(15)26/h5-8,11,13-14,31,33H,3-4,9-10,12H2,1-2H3,(H,28,32). The quantitative estimate of drug-likeness (QED) is 0.467. The highest BCUT2D eigenvalue weighted by atomic mass is 19.1. The molecule has 1 aromatic carbocycles. The Bertz CT molecular complexity index is 1280. The summed E-state index contributed by atoms with van der Waals surface area (Å²) in [6, 6.07) is 3.06. The number of hydrogen-bond acceptors (Lipinski definition) is 5. The second-order valence-electron chi connectivity index (χ2n) is 8.85. The maximum atomic E-state index is 14.0. The van der Waals surface area contributed by atoms with Crippen LogP contribution < -0.4 is 5.43 Å². The van der Waals surface area contributed by atoms with Crippen LogP contribution in [0.4, 0.5) is 8.78 Å². The minimum absolute atomic E-state index is 0.0223. The molecular weight excluding hydrogens is 446 g/mol. The fourth-order valence-electron chi connectivity index (χ4n) is 3.87. The maximum Gasteiger partial charge on any atom is 0.274 e. The van der Waals surface area contributed by atoms with Gasteiger partial charge in [-0.3, -0.25) is 14.3 Å². The number of H-pyrrole nitrogens is 1. The lowest BCUT2D eigenvalue weighted by Crippen LogP contribution is -2.39. The van der Waals surface area contributed by atoms with Gasteiger partial charge in [0.15, 0.2) is 11.4 Å². The van der Waals surface area contributed by atoms with Crippen LogP contribution in [0.5, 0.6) is 5.75 Å². The van der Waals surface area contributed by atoms with E-state index in [2.05, 4.69) is 10.1 Å². The summed E-state index contributed by atoms with van der Waals surface area (Å²) in [5.74, 6) is -2.27. The summed E-state index contributed by atoms with van der Waals surface area (Å²) in [7, 11) is 0. The van der Waals surface area contributed by atoms with Crippen molar-refractivity contribution in [2.75, 3.05) is 6.54 Å². The van der Waals surface area contributed by atoms with Crippen LogP contribution in [0.25, 0.3) is 11.1 Å². The monoisotopic (exact) mass is 472 g/mol. The molecule has 2 aromatic heterocycles. The van der Waals surface area contributed by atoms with E-state index in [1.165, 1.54) is 23.1 Å². The first kappa shape index (κ1) is 23.6. The minimum Gasteiger partial charge on any atom is -0.503 e. The van der Waals surface area contributed by atoms with Crippen LogP contribution in [0, 0.1) is 17.6 Å². The summed E-state index contributed by atoms with van der Waals surface area (Å²) < 4.78 is 28.5. The number of rotatable bonds is 8. The Morgan fingerprint density at radius 3 is 2.68 bits per heavy atom. The molecule has 34 heavy (non-hydrogen) atoms. The number of hydrogen-bond donors (Lipinski definition) is 3. The highest BCUT2D eigenvalue weighted by molar-refractivity contribution is 5.95. The van der Waals surface area contributed by atoms with Gasteiger partial charge in [-0.1, -0.05) is 6.07 Å². The smallest absolute Gasteiger partial charge is 0.274 e. The number of aromatic amines is 1. The van der Waals surface area contributed by atoms with Gasteiger partial charge in [0, 0.05) is 36.0 Å². The van der Waals surface area contributed by atoms with Crippen molar-refractivity contribution in [3.05, 3.63) is 69.4 Å². The van der Waals surface area contributed by atoms with Gasteiger partial charge in [-0.15, -0.1) is 0 Å². The lowest BCUT2D eigenvalue weighted by Gasteiger charge is -2.27. The number of benzene rings is 1. The molecule has 0 atom stereocenters. The van der Waals surface area contributed by atoms with E-state index in [9.17, 15) is 28.6 Å². The molecule has 3 N–H and O–H groups in total. The number of halogens is 2. The third-order valence-electron chi connectivity index (χ3n) is 5.93. The Balaban J connectivity index is 1.67. The van der Waals surface area contributed by atoms with Gasteiger partial charge in [-0.2, -0.15) is 5.10 Å².